The summed E-state index contributed by atoms with van der Waals surface area (Å²) in [7, 11) is 0. The van der Waals surface area contributed by atoms with Crippen molar-refractivity contribution in [1.82, 2.24) is 4.57 Å². The molecule has 0 radical (unpaired) electrons. The number of halogens is 3. The summed E-state index contributed by atoms with van der Waals surface area (Å²) in [6, 6.07) is 18.5. The summed E-state index contributed by atoms with van der Waals surface area (Å²) in [6.07, 6.45) is -4.39. The third-order valence-corrected chi connectivity index (χ3v) is 4.28. The van der Waals surface area contributed by atoms with E-state index in [0.717, 1.165) is 11.1 Å². The van der Waals surface area contributed by atoms with Crippen molar-refractivity contribution >= 4 is 0 Å². The standard InChI is InChI=1S/C20H18F3N/c1-14-18(17-11-7-4-8-12-17)15(2)24(19(14)20(21,22)23)13-16-9-5-3-6-10-16/h3-12H,13H2,1-2H3. The molecule has 0 bridgehead atoms. The zero-order valence-electron chi connectivity index (χ0n) is 13.6. The Morgan fingerprint density at radius 3 is 1.92 bits per heavy atom. The fraction of sp³-hybridized carbons (Fsp3) is 0.200. The summed E-state index contributed by atoms with van der Waals surface area (Å²) in [4.78, 5) is 0. The molecule has 3 rings (SSSR count). The molecule has 2 aromatic carbocycles. The first-order chi connectivity index (χ1) is 11.4. The van der Waals surface area contributed by atoms with Crippen LogP contribution in [0.25, 0.3) is 11.1 Å². The number of rotatable bonds is 3. The summed E-state index contributed by atoms with van der Waals surface area (Å²) in [5.74, 6) is 0. The number of benzene rings is 2. The normalized spacial score (nSPS) is 11.7. The maximum atomic E-state index is 13.7. The molecule has 4 heteroatoms. The van der Waals surface area contributed by atoms with Crippen LogP contribution in [0.3, 0.4) is 0 Å². The van der Waals surface area contributed by atoms with Gasteiger partial charge in [-0.05, 0) is 30.5 Å². The van der Waals surface area contributed by atoms with Crippen molar-refractivity contribution in [3.05, 3.63) is 83.2 Å². The molecule has 0 N–H and O–H groups in total. The Balaban J connectivity index is 2.20. The maximum absolute atomic E-state index is 13.7. The highest BCUT2D eigenvalue weighted by molar-refractivity contribution is 5.72. The van der Waals surface area contributed by atoms with Crippen molar-refractivity contribution in [2.75, 3.05) is 0 Å². The van der Waals surface area contributed by atoms with Gasteiger partial charge in [-0.1, -0.05) is 60.7 Å². The molecule has 0 spiro atoms. The predicted molar refractivity (Wildman–Crippen MR) is 89.9 cm³/mol. The van der Waals surface area contributed by atoms with E-state index in [1.165, 1.54) is 4.57 Å². The van der Waals surface area contributed by atoms with E-state index in [9.17, 15) is 13.2 Å². The summed E-state index contributed by atoms with van der Waals surface area (Å²) >= 11 is 0. The zero-order valence-corrected chi connectivity index (χ0v) is 13.6. The molecule has 0 aliphatic rings. The fourth-order valence-electron chi connectivity index (χ4n) is 3.25. The summed E-state index contributed by atoms with van der Waals surface area (Å²) in [5, 5.41) is 0. The van der Waals surface area contributed by atoms with Gasteiger partial charge in [0, 0.05) is 17.8 Å². The Morgan fingerprint density at radius 2 is 1.38 bits per heavy atom. The summed E-state index contributed by atoms with van der Waals surface area (Å²) in [6.45, 7) is 3.52. The van der Waals surface area contributed by atoms with E-state index in [4.69, 9.17) is 0 Å². The van der Waals surface area contributed by atoms with Gasteiger partial charge in [0.25, 0.3) is 0 Å². The molecule has 0 saturated carbocycles. The highest BCUT2D eigenvalue weighted by atomic mass is 19.4. The minimum Gasteiger partial charge on any atom is -0.336 e. The molecule has 0 fully saturated rings. The predicted octanol–water partition coefficient (Wildman–Crippen LogP) is 5.84. The molecule has 3 aromatic rings. The van der Waals surface area contributed by atoms with E-state index < -0.39 is 11.9 Å². The largest absolute Gasteiger partial charge is 0.431 e. The number of aromatic nitrogens is 1. The van der Waals surface area contributed by atoms with Gasteiger partial charge in [0.15, 0.2) is 0 Å². The van der Waals surface area contributed by atoms with Crippen molar-refractivity contribution in [2.45, 2.75) is 26.6 Å². The minimum atomic E-state index is -4.39. The van der Waals surface area contributed by atoms with Crippen LogP contribution in [0.2, 0.25) is 0 Å². The molecule has 1 aromatic heterocycles. The molecular weight excluding hydrogens is 311 g/mol. The van der Waals surface area contributed by atoms with Crippen LogP contribution < -0.4 is 0 Å². The first kappa shape index (κ1) is 16.4. The number of alkyl halides is 3. The molecule has 1 nitrogen and oxygen atoms in total. The lowest BCUT2D eigenvalue weighted by Crippen LogP contribution is -2.16. The van der Waals surface area contributed by atoms with E-state index in [1.807, 2.05) is 60.7 Å². The van der Waals surface area contributed by atoms with Crippen molar-refractivity contribution in [1.29, 1.82) is 0 Å². The van der Waals surface area contributed by atoms with Gasteiger partial charge >= 0.3 is 6.18 Å². The third kappa shape index (κ3) is 2.96. The Labute approximate surface area is 139 Å². The molecule has 0 atom stereocenters. The van der Waals surface area contributed by atoms with Crippen molar-refractivity contribution in [3.63, 3.8) is 0 Å². The molecule has 1 heterocycles. The second-order valence-corrected chi connectivity index (χ2v) is 5.87. The molecule has 0 unspecified atom stereocenters. The van der Waals surface area contributed by atoms with E-state index in [2.05, 4.69) is 0 Å². The maximum Gasteiger partial charge on any atom is 0.431 e. The minimum absolute atomic E-state index is 0.204. The van der Waals surface area contributed by atoms with Crippen LogP contribution in [0.5, 0.6) is 0 Å². The Morgan fingerprint density at radius 1 is 0.833 bits per heavy atom. The Bertz CT molecular complexity index is 831. The number of hydrogen-bond acceptors (Lipinski definition) is 0. The lowest BCUT2D eigenvalue weighted by atomic mass is 10.0. The summed E-state index contributed by atoms with van der Waals surface area (Å²) < 4.78 is 42.5. The van der Waals surface area contributed by atoms with E-state index >= 15 is 0 Å². The SMILES string of the molecule is Cc1c(-c2ccccc2)c(C)n(Cc2ccccc2)c1C(F)(F)F. The fourth-order valence-corrected chi connectivity index (χ4v) is 3.25. The van der Waals surface area contributed by atoms with E-state index in [1.54, 1.807) is 13.8 Å². The Kier molecular flexibility index (Phi) is 4.22. The molecule has 0 aliphatic carbocycles. The van der Waals surface area contributed by atoms with Crippen LogP contribution in [-0.4, -0.2) is 4.57 Å². The van der Waals surface area contributed by atoms with Gasteiger partial charge in [0.05, 0.1) is 0 Å². The van der Waals surface area contributed by atoms with Crippen molar-refractivity contribution in [2.24, 2.45) is 0 Å². The van der Waals surface area contributed by atoms with Crippen LogP contribution >= 0.6 is 0 Å². The van der Waals surface area contributed by atoms with Crippen LogP contribution in [0.15, 0.2) is 60.7 Å². The number of hydrogen-bond donors (Lipinski definition) is 0. The van der Waals surface area contributed by atoms with Gasteiger partial charge < -0.3 is 4.57 Å². The lowest BCUT2D eigenvalue weighted by Gasteiger charge is -2.15. The molecular formula is C20H18F3N. The highest BCUT2D eigenvalue weighted by Gasteiger charge is 2.38. The average molecular weight is 329 g/mol. The average Bonchev–Trinajstić information content (AvgIpc) is 2.79. The molecule has 0 saturated heterocycles. The molecule has 124 valence electrons. The molecule has 24 heavy (non-hydrogen) atoms. The monoisotopic (exact) mass is 329 g/mol. The van der Waals surface area contributed by atoms with Crippen LogP contribution in [0, 0.1) is 13.8 Å². The van der Waals surface area contributed by atoms with Gasteiger partial charge in [-0.2, -0.15) is 13.2 Å². The zero-order chi connectivity index (χ0) is 17.3. The Hall–Kier alpha value is -2.49. The second kappa shape index (κ2) is 6.19. The van der Waals surface area contributed by atoms with E-state index in [-0.39, 0.29) is 12.1 Å². The van der Waals surface area contributed by atoms with Gasteiger partial charge in [0.2, 0.25) is 0 Å². The third-order valence-electron chi connectivity index (χ3n) is 4.28. The number of nitrogens with zero attached hydrogens (tertiary/aromatic N) is 1. The van der Waals surface area contributed by atoms with Crippen LogP contribution in [-0.2, 0) is 12.7 Å². The van der Waals surface area contributed by atoms with Gasteiger partial charge in [-0.25, -0.2) is 0 Å². The second-order valence-electron chi connectivity index (χ2n) is 5.87. The first-order valence-electron chi connectivity index (χ1n) is 7.76. The topological polar surface area (TPSA) is 4.93 Å². The quantitative estimate of drug-likeness (QED) is 0.569. The summed E-state index contributed by atoms with van der Waals surface area (Å²) in [5.41, 5.74) is 2.67. The van der Waals surface area contributed by atoms with Crippen molar-refractivity contribution < 1.29 is 13.2 Å². The lowest BCUT2D eigenvalue weighted by molar-refractivity contribution is -0.143. The van der Waals surface area contributed by atoms with Gasteiger partial charge in [-0.15, -0.1) is 0 Å². The smallest absolute Gasteiger partial charge is 0.336 e. The first-order valence-corrected chi connectivity index (χ1v) is 7.76. The highest BCUT2D eigenvalue weighted by Crippen LogP contribution is 2.40. The van der Waals surface area contributed by atoms with Crippen molar-refractivity contribution in [3.8, 4) is 11.1 Å². The van der Waals surface area contributed by atoms with Gasteiger partial charge in [0.1, 0.15) is 5.69 Å². The molecule has 0 amide bonds. The van der Waals surface area contributed by atoms with Crippen LogP contribution in [0.4, 0.5) is 13.2 Å². The van der Waals surface area contributed by atoms with Gasteiger partial charge in [-0.3, -0.25) is 0 Å². The van der Waals surface area contributed by atoms with Crippen LogP contribution in [0.1, 0.15) is 22.5 Å². The molecule has 0 aliphatic heterocycles. The van der Waals surface area contributed by atoms with E-state index in [0.29, 0.717) is 11.3 Å².